The van der Waals surface area contributed by atoms with Gasteiger partial charge in [0.05, 0.1) is 11.3 Å². The lowest BCUT2D eigenvalue weighted by Gasteiger charge is -2.16. The number of halogens is 1. The van der Waals surface area contributed by atoms with E-state index in [1.54, 1.807) is 42.5 Å². The van der Waals surface area contributed by atoms with Crippen molar-refractivity contribution in [3.8, 4) is 0 Å². The first-order chi connectivity index (χ1) is 15.7. The summed E-state index contributed by atoms with van der Waals surface area (Å²) in [5, 5.41) is 6.28. The highest BCUT2D eigenvalue weighted by atomic mass is 35.5. The van der Waals surface area contributed by atoms with E-state index in [9.17, 15) is 14.4 Å². The van der Waals surface area contributed by atoms with Crippen molar-refractivity contribution in [2.75, 3.05) is 15.5 Å². The minimum absolute atomic E-state index is 0.174. The molecule has 4 rings (SSSR count). The zero-order valence-electron chi connectivity index (χ0n) is 18.4. The van der Waals surface area contributed by atoms with Gasteiger partial charge < -0.3 is 10.6 Å². The van der Waals surface area contributed by atoms with Gasteiger partial charge in [-0.3, -0.25) is 14.4 Å². The van der Waals surface area contributed by atoms with Gasteiger partial charge in [-0.2, -0.15) is 0 Å². The van der Waals surface area contributed by atoms with Crippen molar-refractivity contribution in [3.63, 3.8) is 0 Å². The number of nitrogens with zero attached hydrogens (tertiary/aromatic N) is 1. The summed E-state index contributed by atoms with van der Waals surface area (Å²) in [6, 6.07) is 19.4. The fraction of sp³-hybridized carbons (Fsp3) is 0.115. The van der Waals surface area contributed by atoms with Crippen LogP contribution < -0.4 is 15.5 Å². The average molecular weight is 460 g/mol. The van der Waals surface area contributed by atoms with Gasteiger partial charge in [-0.15, -0.1) is 0 Å². The van der Waals surface area contributed by atoms with E-state index >= 15 is 0 Å². The summed E-state index contributed by atoms with van der Waals surface area (Å²) < 4.78 is 0. The molecule has 33 heavy (non-hydrogen) atoms. The maximum absolute atomic E-state index is 13.5. The first kappa shape index (κ1) is 22.3. The summed E-state index contributed by atoms with van der Waals surface area (Å²) in [6.45, 7) is 5.24. The SMILES string of the molecule is CC(=O)Nc1ccc(NC2=C(c3ccc(C)cc3)C(=O)N(c3ccc(C)c(Cl)c3)C2=O)cc1. The molecule has 0 aliphatic carbocycles. The first-order valence-electron chi connectivity index (χ1n) is 10.4. The molecule has 2 N–H and O–H groups in total. The summed E-state index contributed by atoms with van der Waals surface area (Å²) in [5.41, 5.74) is 4.62. The van der Waals surface area contributed by atoms with Crippen molar-refractivity contribution < 1.29 is 14.4 Å². The molecular formula is C26H22ClN3O3. The number of hydrogen-bond donors (Lipinski definition) is 2. The van der Waals surface area contributed by atoms with Crippen LogP contribution in [0.3, 0.4) is 0 Å². The van der Waals surface area contributed by atoms with E-state index in [1.807, 2.05) is 38.1 Å². The minimum Gasteiger partial charge on any atom is -0.350 e. The first-order valence-corrected chi connectivity index (χ1v) is 10.7. The molecule has 0 radical (unpaired) electrons. The fourth-order valence-corrected chi connectivity index (χ4v) is 3.75. The van der Waals surface area contributed by atoms with E-state index in [1.165, 1.54) is 6.92 Å². The van der Waals surface area contributed by atoms with Gasteiger partial charge in [-0.25, -0.2) is 4.90 Å². The van der Waals surface area contributed by atoms with Crippen LogP contribution in [-0.4, -0.2) is 17.7 Å². The van der Waals surface area contributed by atoms with Crippen molar-refractivity contribution in [2.45, 2.75) is 20.8 Å². The Balaban J connectivity index is 1.75. The molecule has 0 aromatic heterocycles. The lowest BCUT2D eigenvalue weighted by atomic mass is 10.0. The molecule has 1 heterocycles. The number of nitrogens with one attached hydrogen (secondary N) is 2. The lowest BCUT2D eigenvalue weighted by molar-refractivity contribution is -0.120. The van der Waals surface area contributed by atoms with Crippen molar-refractivity contribution in [1.29, 1.82) is 0 Å². The molecule has 1 aliphatic rings. The van der Waals surface area contributed by atoms with Crippen LogP contribution in [0.5, 0.6) is 0 Å². The molecule has 0 saturated heterocycles. The fourth-order valence-electron chi connectivity index (χ4n) is 3.57. The molecule has 7 heteroatoms. The minimum atomic E-state index is -0.471. The summed E-state index contributed by atoms with van der Waals surface area (Å²) in [6.07, 6.45) is 0. The number of carbonyl (C=O) groups is 3. The topological polar surface area (TPSA) is 78.5 Å². The second-order valence-corrected chi connectivity index (χ2v) is 8.29. The van der Waals surface area contributed by atoms with Crippen molar-refractivity contribution in [1.82, 2.24) is 0 Å². The molecule has 0 unspecified atom stereocenters. The Hall–Kier alpha value is -3.90. The predicted molar refractivity (Wildman–Crippen MR) is 131 cm³/mol. The van der Waals surface area contributed by atoms with E-state index in [4.69, 9.17) is 11.6 Å². The molecule has 6 nitrogen and oxygen atoms in total. The largest absolute Gasteiger partial charge is 0.350 e. The van der Waals surface area contributed by atoms with Crippen LogP contribution >= 0.6 is 11.6 Å². The van der Waals surface area contributed by atoms with Crippen LogP contribution in [0, 0.1) is 13.8 Å². The van der Waals surface area contributed by atoms with Gasteiger partial charge in [0.1, 0.15) is 5.70 Å². The normalized spacial score (nSPS) is 13.5. The van der Waals surface area contributed by atoms with Gasteiger partial charge in [0.15, 0.2) is 0 Å². The molecule has 3 aromatic carbocycles. The van der Waals surface area contributed by atoms with Gasteiger partial charge in [-0.05, 0) is 61.4 Å². The second-order valence-electron chi connectivity index (χ2n) is 7.88. The van der Waals surface area contributed by atoms with Crippen LogP contribution in [0.25, 0.3) is 5.57 Å². The van der Waals surface area contributed by atoms with Gasteiger partial charge in [0, 0.05) is 23.3 Å². The zero-order valence-corrected chi connectivity index (χ0v) is 19.2. The molecule has 0 spiro atoms. The molecule has 0 atom stereocenters. The lowest BCUT2D eigenvalue weighted by Crippen LogP contribution is -2.32. The Kier molecular flexibility index (Phi) is 6.03. The number of benzene rings is 3. The van der Waals surface area contributed by atoms with E-state index in [0.29, 0.717) is 27.6 Å². The molecule has 1 aliphatic heterocycles. The van der Waals surface area contributed by atoms with Gasteiger partial charge in [0.2, 0.25) is 5.91 Å². The Labute approximate surface area is 196 Å². The average Bonchev–Trinajstić information content (AvgIpc) is 3.01. The van der Waals surface area contributed by atoms with Gasteiger partial charge >= 0.3 is 0 Å². The highest BCUT2D eigenvalue weighted by Gasteiger charge is 2.40. The van der Waals surface area contributed by atoms with Crippen LogP contribution in [0.15, 0.2) is 72.4 Å². The summed E-state index contributed by atoms with van der Waals surface area (Å²) >= 11 is 6.27. The van der Waals surface area contributed by atoms with Crippen LogP contribution in [0.2, 0.25) is 5.02 Å². The smallest absolute Gasteiger partial charge is 0.282 e. The standard InChI is InChI=1S/C26H22ClN3O3/c1-15-4-7-18(8-5-15)23-24(29-20-11-9-19(10-12-20)28-17(3)31)26(33)30(25(23)32)21-13-6-16(2)22(27)14-21/h4-14,29H,1-3H3,(H,28,31). The number of rotatable bonds is 5. The van der Waals surface area contributed by atoms with Gasteiger partial charge in [0.25, 0.3) is 11.8 Å². The second kappa shape index (κ2) is 8.92. The summed E-state index contributed by atoms with van der Waals surface area (Å²) in [4.78, 5) is 39.4. The third kappa shape index (κ3) is 4.52. The Morgan fingerprint density at radius 1 is 0.848 bits per heavy atom. The van der Waals surface area contributed by atoms with E-state index in [0.717, 1.165) is 16.0 Å². The molecular weight excluding hydrogens is 438 g/mol. The third-order valence-electron chi connectivity index (χ3n) is 5.31. The number of amides is 3. The Morgan fingerprint density at radius 2 is 1.48 bits per heavy atom. The van der Waals surface area contributed by atoms with E-state index in [2.05, 4.69) is 10.6 Å². The predicted octanol–water partition coefficient (Wildman–Crippen LogP) is 5.31. The zero-order chi connectivity index (χ0) is 23.7. The number of anilines is 3. The maximum atomic E-state index is 13.5. The maximum Gasteiger partial charge on any atom is 0.282 e. The molecule has 166 valence electrons. The summed E-state index contributed by atoms with van der Waals surface area (Å²) in [5.74, 6) is -1.08. The Bertz CT molecular complexity index is 1300. The van der Waals surface area contributed by atoms with Crippen LogP contribution in [0.4, 0.5) is 17.1 Å². The summed E-state index contributed by atoms with van der Waals surface area (Å²) in [7, 11) is 0. The van der Waals surface area contributed by atoms with Crippen molar-refractivity contribution in [3.05, 3.63) is 94.1 Å². The highest BCUT2D eigenvalue weighted by molar-refractivity contribution is 6.46. The van der Waals surface area contributed by atoms with E-state index in [-0.39, 0.29) is 17.2 Å². The number of hydrogen-bond acceptors (Lipinski definition) is 4. The molecule has 3 aromatic rings. The molecule has 3 amide bonds. The molecule has 0 bridgehead atoms. The monoisotopic (exact) mass is 459 g/mol. The van der Waals surface area contributed by atoms with Crippen molar-refractivity contribution in [2.24, 2.45) is 0 Å². The number of aryl methyl sites for hydroxylation is 2. The van der Waals surface area contributed by atoms with Crippen molar-refractivity contribution >= 4 is 52.0 Å². The third-order valence-corrected chi connectivity index (χ3v) is 5.72. The molecule has 0 saturated carbocycles. The van der Waals surface area contributed by atoms with E-state index < -0.39 is 11.8 Å². The van der Waals surface area contributed by atoms with Crippen LogP contribution in [-0.2, 0) is 14.4 Å². The van der Waals surface area contributed by atoms with Crippen LogP contribution in [0.1, 0.15) is 23.6 Å². The Morgan fingerprint density at radius 3 is 2.09 bits per heavy atom. The number of carbonyl (C=O) groups excluding carboxylic acids is 3. The number of imide groups is 1. The quantitative estimate of drug-likeness (QED) is 0.507. The molecule has 0 fully saturated rings. The highest BCUT2D eigenvalue weighted by Crippen LogP contribution is 2.35. The van der Waals surface area contributed by atoms with Gasteiger partial charge in [-0.1, -0.05) is 47.5 Å².